The van der Waals surface area contributed by atoms with Crippen LogP contribution in [0, 0.1) is 5.82 Å². The first-order valence-corrected chi connectivity index (χ1v) is 12.4. The van der Waals surface area contributed by atoms with E-state index in [1.54, 1.807) is 0 Å². The molecule has 0 aliphatic carbocycles. The van der Waals surface area contributed by atoms with Gasteiger partial charge in [-0.3, -0.25) is 13.3 Å². The second kappa shape index (κ2) is 10.3. The maximum atomic E-state index is 14.8. The van der Waals surface area contributed by atoms with Gasteiger partial charge in [0.15, 0.2) is 6.61 Å². The minimum Gasteiger partial charge on any atom is -0.483 e. The molecule has 38 heavy (non-hydrogen) atoms. The van der Waals surface area contributed by atoms with Crippen LogP contribution in [-0.2, 0) is 15.8 Å². The predicted octanol–water partition coefficient (Wildman–Crippen LogP) is 2.28. The molecule has 0 aromatic carbocycles. The van der Waals surface area contributed by atoms with Crippen molar-refractivity contribution in [1.29, 1.82) is 0 Å². The fourth-order valence-electron chi connectivity index (χ4n) is 3.39. The Morgan fingerprint density at radius 3 is 2.45 bits per heavy atom. The lowest BCUT2D eigenvalue weighted by atomic mass is 10.00. The van der Waals surface area contributed by atoms with Gasteiger partial charge in [-0.25, -0.2) is 24.1 Å². The first-order chi connectivity index (χ1) is 17.4. The Labute approximate surface area is 212 Å². The van der Waals surface area contributed by atoms with Gasteiger partial charge in [0.1, 0.15) is 40.9 Å². The summed E-state index contributed by atoms with van der Waals surface area (Å²) < 4.78 is 111. The van der Waals surface area contributed by atoms with E-state index >= 15 is 0 Å². The number of guanidine groups is 1. The van der Waals surface area contributed by atoms with Crippen molar-refractivity contribution in [2.24, 2.45) is 10.7 Å². The Kier molecular flexibility index (Phi) is 7.88. The van der Waals surface area contributed by atoms with Crippen molar-refractivity contribution in [3.63, 3.8) is 0 Å². The van der Waals surface area contributed by atoms with Crippen molar-refractivity contribution in [2.75, 3.05) is 31.3 Å². The third-order valence-electron chi connectivity index (χ3n) is 5.20. The zero-order valence-electron chi connectivity index (χ0n) is 19.7. The van der Waals surface area contributed by atoms with Gasteiger partial charge in [-0.05, 0) is 31.2 Å². The SMILES string of the molecule is CN1C(N)=N[C@](C)(c2nc(NC(=O)c3ccc(OCC(F)(F)F)cn3)ccc2F)C[SH]1(=O)NCC(F)(F)F. The molecule has 210 valence electrons. The molecule has 0 saturated heterocycles. The number of nitrogens with two attached hydrogens (primary N) is 1. The molecule has 1 aliphatic rings. The number of rotatable bonds is 7. The second-order valence-corrected chi connectivity index (χ2v) is 11.0. The maximum absolute atomic E-state index is 14.8. The Hall–Kier alpha value is -3.54. The Morgan fingerprint density at radius 1 is 1.18 bits per heavy atom. The summed E-state index contributed by atoms with van der Waals surface area (Å²) >= 11 is 0. The van der Waals surface area contributed by atoms with Crippen LogP contribution < -0.4 is 20.5 Å². The summed E-state index contributed by atoms with van der Waals surface area (Å²) in [6.07, 6.45) is -8.36. The second-order valence-electron chi connectivity index (χ2n) is 8.34. The van der Waals surface area contributed by atoms with Gasteiger partial charge in [0.05, 0.1) is 11.9 Å². The van der Waals surface area contributed by atoms with Crippen molar-refractivity contribution < 1.29 is 44.5 Å². The molecule has 0 bridgehead atoms. The summed E-state index contributed by atoms with van der Waals surface area (Å²) in [5, 5.41) is 2.32. The minimum atomic E-state index is -4.69. The third-order valence-corrected chi connectivity index (χ3v) is 8.07. The number of halogens is 7. The number of aliphatic imine (C=N–C) groups is 1. The Balaban J connectivity index is 1.82. The molecular weight excluding hydrogens is 551 g/mol. The molecule has 2 aromatic heterocycles. The molecule has 0 radical (unpaired) electrons. The number of pyridine rings is 2. The van der Waals surface area contributed by atoms with Gasteiger partial charge in [-0.2, -0.15) is 26.3 Å². The fraction of sp³-hybridized carbons (Fsp3) is 0.400. The normalized spacial score (nSPS) is 20.4. The van der Waals surface area contributed by atoms with E-state index in [9.17, 15) is 39.7 Å². The van der Waals surface area contributed by atoms with E-state index in [0.29, 0.717) is 0 Å². The van der Waals surface area contributed by atoms with Gasteiger partial charge in [0.2, 0.25) is 5.96 Å². The largest absolute Gasteiger partial charge is 0.483 e. The van der Waals surface area contributed by atoms with Crippen molar-refractivity contribution >= 4 is 28.0 Å². The predicted molar refractivity (Wildman–Crippen MR) is 123 cm³/mol. The van der Waals surface area contributed by atoms with Crippen LogP contribution in [0.25, 0.3) is 0 Å². The lowest BCUT2D eigenvalue weighted by Crippen LogP contribution is -2.60. The van der Waals surface area contributed by atoms with Crippen molar-refractivity contribution in [1.82, 2.24) is 19.0 Å². The molecule has 4 N–H and O–H groups in total. The molecule has 3 rings (SSSR count). The third kappa shape index (κ3) is 7.06. The first-order valence-electron chi connectivity index (χ1n) is 10.6. The average molecular weight is 573 g/mol. The highest BCUT2D eigenvalue weighted by atomic mass is 32.3. The molecular formula is C20H22F7N7O3S. The number of carbonyl (C=O) groups is 1. The number of carbonyl (C=O) groups excluding carboxylic acids is 1. The van der Waals surface area contributed by atoms with Gasteiger partial charge >= 0.3 is 12.4 Å². The van der Waals surface area contributed by atoms with Gasteiger partial charge in [0, 0.05) is 17.4 Å². The van der Waals surface area contributed by atoms with Crippen LogP contribution in [-0.4, -0.2) is 68.7 Å². The van der Waals surface area contributed by atoms with Crippen LogP contribution in [0.4, 0.5) is 36.6 Å². The highest BCUT2D eigenvalue weighted by molar-refractivity contribution is 7.99. The highest BCUT2D eigenvalue weighted by Crippen LogP contribution is 2.35. The fourth-order valence-corrected chi connectivity index (χ4v) is 5.78. The molecule has 18 heteroatoms. The minimum absolute atomic E-state index is 0.224. The molecule has 0 saturated carbocycles. The van der Waals surface area contributed by atoms with Crippen LogP contribution in [0.5, 0.6) is 5.75 Å². The maximum Gasteiger partial charge on any atom is 0.422 e. The van der Waals surface area contributed by atoms with Crippen LogP contribution in [0.1, 0.15) is 23.1 Å². The number of hydrogen-bond donors (Lipinski definition) is 4. The standard InChI is InChI=1S/C20H22F7N7O3S/c1-18(10-38(36,30-8-19(22,23)24)34(2)17(28)33-18)15-12(21)4-6-14(31-15)32-16(35)13-5-3-11(7-29-13)37-9-20(25,26)27/h3-7,38H,8-10H2,1-2H3,(H2,28,33)(H,30,36)(H,31,32,35)/t18-/m0/s1. The molecule has 2 aromatic rings. The van der Waals surface area contributed by atoms with Crippen molar-refractivity contribution in [3.05, 3.63) is 47.7 Å². The number of ether oxygens (including phenoxy) is 1. The monoisotopic (exact) mass is 573 g/mol. The van der Waals surface area contributed by atoms with E-state index in [1.807, 2.05) is 4.72 Å². The van der Waals surface area contributed by atoms with E-state index in [1.165, 1.54) is 14.0 Å². The average Bonchev–Trinajstić information content (AvgIpc) is 2.80. The molecule has 1 atom stereocenters. The van der Waals surface area contributed by atoms with E-state index < -0.39 is 70.5 Å². The molecule has 0 unspecified atom stereocenters. The van der Waals surface area contributed by atoms with Crippen LogP contribution >= 0.6 is 0 Å². The summed E-state index contributed by atoms with van der Waals surface area (Å²) in [5.41, 5.74) is 3.30. The molecule has 0 fully saturated rings. The lowest BCUT2D eigenvalue weighted by molar-refractivity contribution is -0.153. The van der Waals surface area contributed by atoms with Gasteiger partial charge in [-0.1, -0.05) is 0 Å². The zero-order chi connectivity index (χ0) is 28.5. The summed E-state index contributed by atoms with van der Waals surface area (Å²) in [4.78, 5) is 24.3. The molecule has 1 amide bonds. The van der Waals surface area contributed by atoms with Crippen LogP contribution in [0.3, 0.4) is 0 Å². The summed E-state index contributed by atoms with van der Waals surface area (Å²) in [6, 6.07) is 4.14. The Bertz CT molecular complexity index is 1270. The lowest BCUT2D eigenvalue weighted by Gasteiger charge is -2.44. The number of nitrogens with zero attached hydrogens (tertiary/aromatic N) is 4. The van der Waals surface area contributed by atoms with Crippen LogP contribution in [0.2, 0.25) is 0 Å². The van der Waals surface area contributed by atoms with E-state index in [2.05, 4.69) is 25.0 Å². The van der Waals surface area contributed by atoms with E-state index in [-0.39, 0.29) is 17.3 Å². The highest BCUT2D eigenvalue weighted by Gasteiger charge is 2.44. The van der Waals surface area contributed by atoms with Gasteiger partial charge < -0.3 is 15.8 Å². The number of aromatic nitrogens is 2. The molecule has 3 heterocycles. The van der Waals surface area contributed by atoms with E-state index in [4.69, 9.17) is 5.73 Å². The smallest absolute Gasteiger partial charge is 0.422 e. The number of hydrogen-bond acceptors (Lipinski definition) is 7. The number of anilines is 1. The Morgan fingerprint density at radius 2 is 1.87 bits per heavy atom. The molecule has 1 aliphatic heterocycles. The molecule has 0 spiro atoms. The summed E-state index contributed by atoms with van der Waals surface area (Å²) in [5.74, 6) is -3.34. The number of alkyl halides is 6. The van der Waals surface area contributed by atoms with Gasteiger partial charge in [-0.15, -0.1) is 0 Å². The quantitative estimate of drug-likeness (QED) is 0.297. The summed E-state index contributed by atoms with van der Waals surface area (Å²) in [7, 11) is -2.88. The first kappa shape index (κ1) is 29.0. The van der Waals surface area contributed by atoms with E-state index in [0.717, 1.165) is 34.8 Å². The summed E-state index contributed by atoms with van der Waals surface area (Å²) in [6.45, 7) is -1.88. The number of nitrogens with one attached hydrogen (secondary N) is 2. The molecule has 10 nitrogen and oxygen atoms in total. The zero-order valence-corrected chi connectivity index (χ0v) is 20.6. The number of amides is 1. The van der Waals surface area contributed by atoms with Crippen molar-refractivity contribution in [2.45, 2.75) is 24.8 Å². The van der Waals surface area contributed by atoms with Crippen LogP contribution in [0.15, 0.2) is 35.5 Å². The topological polar surface area (TPSA) is 135 Å². The van der Waals surface area contributed by atoms with Gasteiger partial charge in [0.25, 0.3) is 5.91 Å². The number of thiol groups is 1. The van der Waals surface area contributed by atoms with Crippen molar-refractivity contribution in [3.8, 4) is 5.75 Å².